The first kappa shape index (κ1) is 10.1. The van der Waals surface area contributed by atoms with E-state index in [0.717, 1.165) is 5.69 Å². The molecule has 1 aromatic rings. The number of hydrogen-bond acceptors (Lipinski definition) is 4. The Morgan fingerprint density at radius 2 is 2.27 bits per heavy atom. The van der Waals surface area contributed by atoms with Gasteiger partial charge in [-0.25, -0.2) is 4.68 Å². The fourth-order valence-corrected chi connectivity index (χ4v) is 1.51. The largest absolute Gasteiger partial charge is 0.378 e. The number of carbonyl (C=O) groups excluding carboxylic acids is 1. The van der Waals surface area contributed by atoms with E-state index < -0.39 is 0 Å². The van der Waals surface area contributed by atoms with Crippen LogP contribution in [-0.2, 0) is 16.1 Å². The molecule has 1 amide bonds. The molecule has 2 heterocycles. The van der Waals surface area contributed by atoms with Gasteiger partial charge < -0.3 is 9.64 Å². The van der Waals surface area contributed by atoms with Gasteiger partial charge in [0.15, 0.2) is 0 Å². The fourth-order valence-electron chi connectivity index (χ4n) is 1.51. The third-order valence-electron chi connectivity index (χ3n) is 2.46. The molecule has 6 heteroatoms. The van der Waals surface area contributed by atoms with Crippen molar-refractivity contribution in [3.8, 4) is 0 Å². The van der Waals surface area contributed by atoms with E-state index in [1.807, 2.05) is 6.92 Å². The van der Waals surface area contributed by atoms with Gasteiger partial charge >= 0.3 is 0 Å². The Hall–Kier alpha value is -1.43. The van der Waals surface area contributed by atoms with E-state index in [2.05, 4.69) is 10.3 Å². The number of morpholine rings is 1. The Bertz CT molecular complexity index is 344. The van der Waals surface area contributed by atoms with Crippen LogP contribution in [0.3, 0.4) is 0 Å². The lowest BCUT2D eigenvalue weighted by atomic mass is 10.4. The predicted molar refractivity (Wildman–Crippen MR) is 52.2 cm³/mol. The highest BCUT2D eigenvalue weighted by Gasteiger charge is 2.17. The van der Waals surface area contributed by atoms with Crippen LogP contribution >= 0.6 is 0 Å². The molecule has 0 spiro atoms. The zero-order valence-corrected chi connectivity index (χ0v) is 8.72. The zero-order valence-electron chi connectivity index (χ0n) is 8.72. The number of ether oxygens (including phenoxy) is 1. The number of carbonyl (C=O) groups is 1. The summed E-state index contributed by atoms with van der Waals surface area (Å²) in [5.41, 5.74) is 0.900. The predicted octanol–water partition coefficient (Wildman–Crippen LogP) is -0.555. The smallest absolute Gasteiger partial charge is 0.244 e. The van der Waals surface area contributed by atoms with Crippen LogP contribution in [0.5, 0.6) is 0 Å². The van der Waals surface area contributed by atoms with Crippen molar-refractivity contribution >= 4 is 5.91 Å². The lowest BCUT2D eigenvalue weighted by Gasteiger charge is -2.26. The molecule has 0 radical (unpaired) electrons. The Labute approximate surface area is 87.8 Å². The molecule has 6 nitrogen and oxygen atoms in total. The van der Waals surface area contributed by atoms with Crippen LogP contribution in [0.25, 0.3) is 0 Å². The number of rotatable bonds is 2. The summed E-state index contributed by atoms with van der Waals surface area (Å²) in [6.45, 7) is 4.75. The van der Waals surface area contributed by atoms with Crippen LogP contribution < -0.4 is 0 Å². The van der Waals surface area contributed by atoms with Gasteiger partial charge in [-0.3, -0.25) is 4.79 Å². The van der Waals surface area contributed by atoms with E-state index in [4.69, 9.17) is 4.74 Å². The third kappa shape index (κ3) is 2.33. The Morgan fingerprint density at radius 3 is 2.87 bits per heavy atom. The van der Waals surface area contributed by atoms with Gasteiger partial charge in [-0.1, -0.05) is 5.21 Å². The normalized spacial score (nSPS) is 16.7. The van der Waals surface area contributed by atoms with Crippen LogP contribution in [0.2, 0.25) is 0 Å². The van der Waals surface area contributed by atoms with E-state index in [1.54, 1.807) is 15.8 Å². The first-order chi connectivity index (χ1) is 7.27. The summed E-state index contributed by atoms with van der Waals surface area (Å²) in [5, 5.41) is 7.58. The first-order valence-electron chi connectivity index (χ1n) is 4.98. The second kappa shape index (κ2) is 4.39. The Kier molecular flexibility index (Phi) is 2.96. The number of aromatic nitrogens is 3. The molecule has 1 saturated heterocycles. The lowest BCUT2D eigenvalue weighted by molar-refractivity contribution is -0.136. The van der Waals surface area contributed by atoms with Crippen LogP contribution in [-0.4, -0.2) is 52.1 Å². The maximum atomic E-state index is 11.8. The van der Waals surface area contributed by atoms with Crippen molar-refractivity contribution < 1.29 is 9.53 Å². The average Bonchev–Trinajstić information content (AvgIpc) is 2.66. The molecule has 1 aromatic heterocycles. The summed E-state index contributed by atoms with van der Waals surface area (Å²) in [4.78, 5) is 13.6. The second-order valence-electron chi connectivity index (χ2n) is 3.53. The fraction of sp³-hybridized carbons (Fsp3) is 0.667. The van der Waals surface area contributed by atoms with E-state index in [0.29, 0.717) is 26.3 Å². The standard InChI is InChI=1S/C9H14N4O2/c1-8-6-10-11-13(8)7-9(14)12-2-4-15-5-3-12/h6H,2-5,7H2,1H3. The molecule has 15 heavy (non-hydrogen) atoms. The summed E-state index contributed by atoms with van der Waals surface area (Å²) in [6, 6.07) is 0. The molecular weight excluding hydrogens is 196 g/mol. The molecule has 0 N–H and O–H groups in total. The number of amides is 1. The molecule has 0 aliphatic carbocycles. The number of hydrogen-bond donors (Lipinski definition) is 0. The summed E-state index contributed by atoms with van der Waals surface area (Å²) in [6.07, 6.45) is 1.65. The molecule has 0 unspecified atom stereocenters. The monoisotopic (exact) mass is 210 g/mol. The molecule has 82 valence electrons. The van der Waals surface area contributed by atoms with E-state index in [1.165, 1.54) is 0 Å². The Balaban J connectivity index is 1.94. The minimum atomic E-state index is 0.0758. The molecule has 1 aliphatic heterocycles. The van der Waals surface area contributed by atoms with Crippen molar-refractivity contribution in [3.63, 3.8) is 0 Å². The van der Waals surface area contributed by atoms with Crippen molar-refractivity contribution in [2.75, 3.05) is 26.3 Å². The minimum absolute atomic E-state index is 0.0758. The molecular formula is C9H14N4O2. The zero-order chi connectivity index (χ0) is 10.7. The quantitative estimate of drug-likeness (QED) is 0.657. The van der Waals surface area contributed by atoms with Crippen molar-refractivity contribution in [1.29, 1.82) is 0 Å². The summed E-state index contributed by atoms with van der Waals surface area (Å²) in [5.74, 6) is 0.0758. The minimum Gasteiger partial charge on any atom is -0.378 e. The van der Waals surface area contributed by atoms with Crippen molar-refractivity contribution in [1.82, 2.24) is 19.9 Å². The van der Waals surface area contributed by atoms with Gasteiger partial charge in [0.25, 0.3) is 0 Å². The summed E-state index contributed by atoms with van der Waals surface area (Å²) < 4.78 is 6.79. The topological polar surface area (TPSA) is 60.2 Å². The highest BCUT2D eigenvalue weighted by molar-refractivity contribution is 5.76. The first-order valence-corrected chi connectivity index (χ1v) is 4.98. The second-order valence-corrected chi connectivity index (χ2v) is 3.53. The maximum absolute atomic E-state index is 11.8. The average molecular weight is 210 g/mol. The van der Waals surface area contributed by atoms with E-state index >= 15 is 0 Å². The Morgan fingerprint density at radius 1 is 1.53 bits per heavy atom. The van der Waals surface area contributed by atoms with Crippen LogP contribution in [0, 0.1) is 6.92 Å². The van der Waals surface area contributed by atoms with Gasteiger partial charge in [0.05, 0.1) is 25.1 Å². The molecule has 0 bridgehead atoms. The van der Waals surface area contributed by atoms with E-state index in [-0.39, 0.29) is 12.5 Å². The molecule has 1 aliphatic rings. The highest BCUT2D eigenvalue weighted by Crippen LogP contribution is 2.00. The van der Waals surface area contributed by atoms with Crippen molar-refractivity contribution in [2.45, 2.75) is 13.5 Å². The van der Waals surface area contributed by atoms with Crippen LogP contribution in [0.15, 0.2) is 6.20 Å². The molecule has 1 fully saturated rings. The maximum Gasteiger partial charge on any atom is 0.244 e. The van der Waals surface area contributed by atoms with Crippen LogP contribution in [0.4, 0.5) is 0 Å². The van der Waals surface area contributed by atoms with Gasteiger partial charge in [0, 0.05) is 13.1 Å². The number of nitrogens with zero attached hydrogens (tertiary/aromatic N) is 4. The van der Waals surface area contributed by atoms with Crippen LogP contribution in [0.1, 0.15) is 5.69 Å². The molecule has 0 atom stereocenters. The van der Waals surface area contributed by atoms with Gasteiger partial charge in [-0.05, 0) is 6.92 Å². The van der Waals surface area contributed by atoms with Gasteiger partial charge in [-0.2, -0.15) is 0 Å². The number of aryl methyl sites for hydroxylation is 1. The molecule has 0 saturated carbocycles. The molecule has 2 rings (SSSR count). The lowest BCUT2D eigenvalue weighted by Crippen LogP contribution is -2.42. The van der Waals surface area contributed by atoms with Gasteiger partial charge in [-0.15, -0.1) is 5.10 Å². The van der Waals surface area contributed by atoms with Crippen molar-refractivity contribution in [3.05, 3.63) is 11.9 Å². The SMILES string of the molecule is Cc1cnnn1CC(=O)N1CCOCC1. The molecule has 0 aromatic carbocycles. The van der Waals surface area contributed by atoms with Crippen molar-refractivity contribution in [2.24, 2.45) is 0 Å². The summed E-state index contributed by atoms with van der Waals surface area (Å²) >= 11 is 0. The van der Waals surface area contributed by atoms with E-state index in [9.17, 15) is 4.79 Å². The van der Waals surface area contributed by atoms with Gasteiger partial charge in [0.2, 0.25) is 5.91 Å². The highest BCUT2D eigenvalue weighted by atomic mass is 16.5. The van der Waals surface area contributed by atoms with Gasteiger partial charge in [0.1, 0.15) is 6.54 Å². The summed E-state index contributed by atoms with van der Waals surface area (Å²) in [7, 11) is 0. The third-order valence-corrected chi connectivity index (χ3v) is 2.46.